The largest absolute Gasteiger partial charge is 0.384 e. The number of aliphatic hydroxyl groups is 1. The fourth-order valence-electron chi connectivity index (χ4n) is 1.67. The van der Waals surface area contributed by atoms with Crippen molar-refractivity contribution in [2.75, 3.05) is 11.9 Å². The Hall–Kier alpha value is -1.79. The average molecular weight is 259 g/mol. The van der Waals surface area contributed by atoms with Crippen molar-refractivity contribution in [2.45, 2.75) is 33.6 Å². The molecule has 102 valence electrons. The van der Waals surface area contributed by atoms with Crippen molar-refractivity contribution in [1.29, 1.82) is 0 Å². The smallest absolute Gasteiger partial charge is 0.227 e. The maximum absolute atomic E-state index is 11.9. The first kappa shape index (κ1) is 15.3. The maximum Gasteiger partial charge on any atom is 0.227 e. The molecule has 1 aromatic rings. The molecule has 0 bridgehead atoms. The predicted molar refractivity (Wildman–Crippen MR) is 77.9 cm³/mol. The zero-order valence-electron chi connectivity index (χ0n) is 11.8. The fourth-order valence-corrected chi connectivity index (χ4v) is 1.67. The molecule has 1 unspecified atom stereocenters. The summed E-state index contributed by atoms with van der Waals surface area (Å²) in [4.78, 5) is 11.9. The Kier molecular flexibility index (Phi) is 6.11. The lowest BCUT2D eigenvalue weighted by molar-refractivity contribution is -0.119. The number of benzene rings is 1. The summed E-state index contributed by atoms with van der Waals surface area (Å²) in [6.07, 6.45) is 1.65. The third-order valence-electron chi connectivity index (χ3n) is 3.12. The molecule has 3 heteroatoms. The van der Waals surface area contributed by atoms with Gasteiger partial charge in [0.2, 0.25) is 5.91 Å². The quantitative estimate of drug-likeness (QED) is 0.816. The van der Waals surface area contributed by atoms with Gasteiger partial charge in [-0.05, 0) is 36.6 Å². The molecule has 1 aromatic carbocycles. The van der Waals surface area contributed by atoms with E-state index in [1.165, 1.54) is 0 Å². The van der Waals surface area contributed by atoms with Gasteiger partial charge in [-0.3, -0.25) is 4.79 Å². The van der Waals surface area contributed by atoms with Crippen LogP contribution in [0.15, 0.2) is 18.2 Å². The van der Waals surface area contributed by atoms with Crippen molar-refractivity contribution in [1.82, 2.24) is 0 Å². The monoisotopic (exact) mass is 259 g/mol. The molecule has 3 nitrogen and oxygen atoms in total. The number of amides is 1. The summed E-state index contributed by atoms with van der Waals surface area (Å²) in [7, 11) is 0. The van der Waals surface area contributed by atoms with Gasteiger partial charge in [0, 0.05) is 17.2 Å². The van der Waals surface area contributed by atoms with Crippen molar-refractivity contribution in [3.63, 3.8) is 0 Å². The van der Waals surface area contributed by atoms with Crippen LogP contribution >= 0.6 is 0 Å². The van der Waals surface area contributed by atoms with Gasteiger partial charge >= 0.3 is 0 Å². The first-order valence-corrected chi connectivity index (χ1v) is 6.65. The number of nitrogens with one attached hydrogen (secondary N) is 1. The van der Waals surface area contributed by atoms with Gasteiger partial charge in [0.15, 0.2) is 0 Å². The summed E-state index contributed by atoms with van der Waals surface area (Å²) in [5.41, 5.74) is 2.76. The maximum atomic E-state index is 11.9. The first-order chi connectivity index (χ1) is 9.12. The van der Waals surface area contributed by atoms with Crippen LogP contribution < -0.4 is 5.32 Å². The summed E-state index contributed by atoms with van der Waals surface area (Å²) in [6, 6.07) is 5.68. The fraction of sp³-hybridized carbons (Fsp3) is 0.438. The van der Waals surface area contributed by atoms with Crippen molar-refractivity contribution in [3.05, 3.63) is 29.3 Å². The molecule has 0 aliphatic carbocycles. The average Bonchev–Trinajstić information content (AvgIpc) is 2.44. The Morgan fingerprint density at radius 1 is 1.42 bits per heavy atom. The van der Waals surface area contributed by atoms with E-state index in [0.717, 1.165) is 29.7 Å². The number of aryl methyl sites for hydroxylation is 1. The molecule has 0 saturated carbocycles. The van der Waals surface area contributed by atoms with Gasteiger partial charge in [-0.2, -0.15) is 0 Å². The molecule has 0 aromatic heterocycles. The normalized spacial score (nSPS) is 11.4. The summed E-state index contributed by atoms with van der Waals surface area (Å²) in [5.74, 6) is 5.55. The minimum atomic E-state index is -0.145. The van der Waals surface area contributed by atoms with Crippen LogP contribution in [0.2, 0.25) is 0 Å². The topological polar surface area (TPSA) is 49.3 Å². The van der Waals surface area contributed by atoms with Crippen LogP contribution in [-0.4, -0.2) is 17.6 Å². The lowest BCUT2D eigenvalue weighted by Gasteiger charge is -2.13. The van der Waals surface area contributed by atoms with Gasteiger partial charge in [0.25, 0.3) is 0 Å². The number of hydrogen-bond acceptors (Lipinski definition) is 2. The van der Waals surface area contributed by atoms with E-state index in [0.29, 0.717) is 0 Å². The lowest BCUT2D eigenvalue weighted by Crippen LogP contribution is -2.20. The van der Waals surface area contributed by atoms with Crippen molar-refractivity contribution in [2.24, 2.45) is 5.92 Å². The number of carbonyl (C=O) groups is 1. The Morgan fingerprint density at radius 3 is 2.74 bits per heavy atom. The molecule has 0 spiro atoms. The molecule has 19 heavy (non-hydrogen) atoms. The number of aliphatic hydroxyl groups excluding tert-OH is 1. The second-order valence-electron chi connectivity index (χ2n) is 4.48. The van der Waals surface area contributed by atoms with E-state index < -0.39 is 0 Å². The van der Waals surface area contributed by atoms with Gasteiger partial charge in [-0.15, -0.1) is 0 Å². The highest BCUT2D eigenvalue weighted by Gasteiger charge is 2.12. The molecule has 0 aliphatic heterocycles. The highest BCUT2D eigenvalue weighted by Crippen LogP contribution is 2.19. The third-order valence-corrected chi connectivity index (χ3v) is 3.12. The SMILES string of the molecule is CCc1cc(C#CCO)ccc1NC(=O)C(C)CC. The zero-order chi connectivity index (χ0) is 14.3. The Labute approximate surface area is 115 Å². The Balaban J connectivity index is 2.93. The Morgan fingerprint density at radius 2 is 2.16 bits per heavy atom. The van der Waals surface area contributed by atoms with Crippen LogP contribution in [-0.2, 0) is 11.2 Å². The zero-order valence-corrected chi connectivity index (χ0v) is 11.8. The van der Waals surface area contributed by atoms with Gasteiger partial charge in [0.05, 0.1) is 0 Å². The third kappa shape index (κ3) is 4.42. The second kappa shape index (κ2) is 7.60. The van der Waals surface area contributed by atoms with Crippen LogP contribution in [0.25, 0.3) is 0 Å². The molecule has 0 heterocycles. The molecule has 1 amide bonds. The summed E-state index contributed by atoms with van der Waals surface area (Å²) in [5, 5.41) is 11.6. The minimum absolute atomic E-state index is 0.0126. The van der Waals surface area contributed by atoms with E-state index in [1.54, 1.807) is 0 Å². The molecule has 2 N–H and O–H groups in total. The minimum Gasteiger partial charge on any atom is -0.384 e. The van der Waals surface area contributed by atoms with Crippen LogP contribution in [0.3, 0.4) is 0 Å². The Bertz CT molecular complexity index is 497. The summed E-state index contributed by atoms with van der Waals surface area (Å²) >= 11 is 0. The first-order valence-electron chi connectivity index (χ1n) is 6.65. The highest BCUT2D eigenvalue weighted by molar-refractivity contribution is 5.93. The van der Waals surface area contributed by atoms with Crippen LogP contribution in [0.1, 0.15) is 38.3 Å². The number of carbonyl (C=O) groups excluding carboxylic acids is 1. The second-order valence-corrected chi connectivity index (χ2v) is 4.48. The van der Waals surface area contributed by atoms with Crippen molar-refractivity contribution >= 4 is 11.6 Å². The number of rotatable bonds is 4. The van der Waals surface area contributed by atoms with Gasteiger partial charge < -0.3 is 10.4 Å². The molecular weight excluding hydrogens is 238 g/mol. The molecule has 0 aliphatic rings. The van der Waals surface area contributed by atoms with Crippen molar-refractivity contribution < 1.29 is 9.90 Å². The van der Waals surface area contributed by atoms with Crippen LogP contribution in [0.4, 0.5) is 5.69 Å². The van der Waals surface area contributed by atoms with E-state index in [1.807, 2.05) is 39.0 Å². The van der Waals surface area contributed by atoms with Crippen LogP contribution in [0.5, 0.6) is 0 Å². The molecule has 1 atom stereocenters. The molecule has 1 rings (SSSR count). The molecule has 0 fully saturated rings. The summed E-state index contributed by atoms with van der Waals surface area (Å²) in [6.45, 7) is 5.81. The van der Waals surface area contributed by atoms with E-state index in [-0.39, 0.29) is 18.4 Å². The van der Waals surface area contributed by atoms with E-state index in [2.05, 4.69) is 17.2 Å². The highest BCUT2D eigenvalue weighted by atomic mass is 16.2. The van der Waals surface area contributed by atoms with Gasteiger partial charge in [-0.1, -0.05) is 32.6 Å². The van der Waals surface area contributed by atoms with Crippen LogP contribution in [0, 0.1) is 17.8 Å². The molecule has 0 saturated heterocycles. The van der Waals surface area contributed by atoms with Gasteiger partial charge in [-0.25, -0.2) is 0 Å². The standard InChI is InChI=1S/C16H21NO2/c1-4-12(3)16(19)17-15-9-8-13(7-6-10-18)11-14(15)5-2/h8-9,11-12,18H,4-5,10H2,1-3H3,(H,17,19). The predicted octanol–water partition coefficient (Wildman–Crippen LogP) is 2.58. The van der Waals surface area contributed by atoms with E-state index >= 15 is 0 Å². The number of hydrogen-bond donors (Lipinski definition) is 2. The number of anilines is 1. The summed E-state index contributed by atoms with van der Waals surface area (Å²) < 4.78 is 0. The van der Waals surface area contributed by atoms with E-state index in [9.17, 15) is 4.79 Å². The van der Waals surface area contributed by atoms with E-state index in [4.69, 9.17) is 5.11 Å². The lowest BCUT2D eigenvalue weighted by atomic mass is 10.0. The molecule has 0 radical (unpaired) electrons. The molecular formula is C16H21NO2. The van der Waals surface area contributed by atoms with Gasteiger partial charge in [0.1, 0.15) is 6.61 Å². The van der Waals surface area contributed by atoms with Crippen molar-refractivity contribution in [3.8, 4) is 11.8 Å².